The van der Waals surface area contributed by atoms with E-state index in [0.29, 0.717) is 18.0 Å². The Hall–Kier alpha value is -1.55. The van der Waals surface area contributed by atoms with Crippen LogP contribution in [-0.4, -0.2) is 36.7 Å². The molecule has 3 rings (SSSR count). The third-order valence-corrected chi connectivity index (χ3v) is 4.51. The van der Waals surface area contributed by atoms with Gasteiger partial charge in [-0.05, 0) is 29.9 Å². The Kier molecular flexibility index (Phi) is 4.15. The van der Waals surface area contributed by atoms with Gasteiger partial charge < -0.3 is 15.4 Å². The number of benzene rings is 1. The van der Waals surface area contributed by atoms with Gasteiger partial charge in [-0.25, -0.2) is 0 Å². The summed E-state index contributed by atoms with van der Waals surface area (Å²) in [6, 6.07) is 9.14. The zero-order chi connectivity index (χ0) is 14.8. The molecule has 0 radical (unpaired) electrons. The summed E-state index contributed by atoms with van der Waals surface area (Å²) in [7, 11) is 0. The Morgan fingerprint density at radius 1 is 1.33 bits per heavy atom. The van der Waals surface area contributed by atoms with Crippen LogP contribution in [-0.2, 0) is 4.74 Å². The van der Waals surface area contributed by atoms with Crippen molar-refractivity contribution < 1.29 is 4.74 Å². The smallest absolute Gasteiger partial charge is 0.192 e. The van der Waals surface area contributed by atoms with Gasteiger partial charge in [-0.3, -0.25) is 4.99 Å². The van der Waals surface area contributed by atoms with E-state index in [1.807, 2.05) is 0 Å². The lowest BCUT2D eigenvalue weighted by Crippen LogP contribution is -2.41. The van der Waals surface area contributed by atoms with Crippen molar-refractivity contribution in [2.24, 2.45) is 10.7 Å². The van der Waals surface area contributed by atoms with E-state index in [-0.39, 0.29) is 6.04 Å². The van der Waals surface area contributed by atoms with Crippen molar-refractivity contribution in [3.63, 3.8) is 0 Å². The molecule has 1 aromatic carbocycles. The molecule has 2 unspecified atom stereocenters. The van der Waals surface area contributed by atoms with Gasteiger partial charge in [0.05, 0.1) is 18.7 Å². The maximum Gasteiger partial charge on any atom is 0.192 e. The second-order valence-electron chi connectivity index (χ2n) is 6.32. The van der Waals surface area contributed by atoms with Crippen LogP contribution in [0, 0.1) is 0 Å². The minimum absolute atomic E-state index is 0.260. The largest absolute Gasteiger partial charge is 0.376 e. The Bertz CT molecular complexity index is 503. The highest BCUT2D eigenvalue weighted by Gasteiger charge is 2.30. The molecule has 2 atom stereocenters. The summed E-state index contributed by atoms with van der Waals surface area (Å²) in [5.74, 6) is 1.22. The van der Waals surface area contributed by atoms with Gasteiger partial charge in [0.25, 0.3) is 0 Å². The van der Waals surface area contributed by atoms with Crippen LogP contribution in [0.1, 0.15) is 49.8 Å². The molecule has 4 heteroatoms. The van der Waals surface area contributed by atoms with Crippen LogP contribution in [0.2, 0.25) is 0 Å². The molecule has 2 aliphatic heterocycles. The van der Waals surface area contributed by atoms with E-state index in [9.17, 15) is 0 Å². The molecule has 2 aliphatic rings. The summed E-state index contributed by atoms with van der Waals surface area (Å²) < 4.78 is 5.75. The summed E-state index contributed by atoms with van der Waals surface area (Å²) in [6.07, 6.45) is 2.58. The Labute approximate surface area is 127 Å². The summed E-state index contributed by atoms with van der Waals surface area (Å²) in [5, 5.41) is 0. The minimum Gasteiger partial charge on any atom is -0.376 e. The molecule has 1 fully saturated rings. The van der Waals surface area contributed by atoms with Crippen LogP contribution >= 0.6 is 0 Å². The Balaban J connectivity index is 1.73. The first-order chi connectivity index (χ1) is 10.1. The first kappa shape index (κ1) is 14.4. The standard InChI is InChI=1S/C17H25N3O/c1-12(2)13-5-7-14(8-6-13)16-10-19-17(18)20(16)11-15-4-3-9-21-15/h5-8,12,15-16H,3-4,9-11H2,1-2H3,(H2,18,19). The van der Waals surface area contributed by atoms with Crippen molar-refractivity contribution >= 4 is 5.96 Å². The molecule has 0 bridgehead atoms. The number of hydrogen-bond acceptors (Lipinski definition) is 4. The summed E-state index contributed by atoms with van der Waals surface area (Å²) in [5.41, 5.74) is 8.75. The fraction of sp³-hybridized carbons (Fsp3) is 0.588. The molecule has 21 heavy (non-hydrogen) atoms. The zero-order valence-electron chi connectivity index (χ0n) is 13.0. The molecular weight excluding hydrogens is 262 g/mol. The molecule has 2 heterocycles. The van der Waals surface area contributed by atoms with Gasteiger partial charge in [0.15, 0.2) is 5.96 Å². The van der Waals surface area contributed by atoms with Gasteiger partial charge in [-0.1, -0.05) is 38.1 Å². The molecule has 1 saturated heterocycles. The van der Waals surface area contributed by atoms with Crippen molar-refractivity contribution in [1.29, 1.82) is 0 Å². The molecular formula is C17H25N3O. The highest BCUT2D eigenvalue weighted by molar-refractivity contribution is 5.80. The van der Waals surface area contributed by atoms with Gasteiger partial charge in [-0.15, -0.1) is 0 Å². The molecule has 0 spiro atoms. The first-order valence-electron chi connectivity index (χ1n) is 7.93. The number of guanidine groups is 1. The second kappa shape index (κ2) is 6.06. The lowest BCUT2D eigenvalue weighted by Gasteiger charge is -2.29. The van der Waals surface area contributed by atoms with Gasteiger partial charge in [0.1, 0.15) is 0 Å². The van der Waals surface area contributed by atoms with Crippen LogP contribution in [0.15, 0.2) is 29.3 Å². The van der Waals surface area contributed by atoms with Crippen LogP contribution in [0.4, 0.5) is 0 Å². The molecule has 1 aromatic rings. The molecule has 0 aliphatic carbocycles. The van der Waals surface area contributed by atoms with Crippen molar-refractivity contribution in [1.82, 2.24) is 4.90 Å². The summed E-state index contributed by atoms with van der Waals surface area (Å²) in [4.78, 5) is 6.65. The van der Waals surface area contributed by atoms with Gasteiger partial charge in [0.2, 0.25) is 0 Å². The lowest BCUT2D eigenvalue weighted by atomic mass is 9.98. The Morgan fingerprint density at radius 3 is 2.71 bits per heavy atom. The molecule has 4 nitrogen and oxygen atoms in total. The van der Waals surface area contributed by atoms with E-state index in [0.717, 1.165) is 32.5 Å². The van der Waals surface area contributed by atoms with Crippen molar-refractivity contribution in [3.8, 4) is 0 Å². The zero-order valence-corrected chi connectivity index (χ0v) is 13.0. The average molecular weight is 287 g/mol. The molecule has 114 valence electrons. The van der Waals surface area contributed by atoms with Crippen LogP contribution in [0.5, 0.6) is 0 Å². The van der Waals surface area contributed by atoms with Crippen LogP contribution in [0.25, 0.3) is 0 Å². The number of nitrogens with zero attached hydrogens (tertiary/aromatic N) is 2. The number of nitrogens with two attached hydrogens (primary N) is 1. The second-order valence-corrected chi connectivity index (χ2v) is 6.32. The predicted molar refractivity (Wildman–Crippen MR) is 85.4 cm³/mol. The molecule has 0 amide bonds. The third-order valence-electron chi connectivity index (χ3n) is 4.51. The third kappa shape index (κ3) is 3.05. The first-order valence-corrected chi connectivity index (χ1v) is 7.93. The highest BCUT2D eigenvalue weighted by atomic mass is 16.5. The van der Waals surface area contributed by atoms with E-state index >= 15 is 0 Å². The SMILES string of the molecule is CC(C)c1ccc(C2CN=C(N)N2CC2CCCO2)cc1. The maximum atomic E-state index is 6.08. The van der Waals surface area contributed by atoms with E-state index in [1.54, 1.807) is 0 Å². The average Bonchev–Trinajstić information content (AvgIpc) is 3.11. The van der Waals surface area contributed by atoms with Gasteiger partial charge >= 0.3 is 0 Å². The highest BCUT2D eigenvalue weighted by Crippen LogP contribution is 2.28. The molecule has 2 N–H and O–H groups in total. The van der Waals surface area contributed by atoms with Crippen molar-refractivity contribution in [2.45, 2.75) is 44.8 Å². The van der Waals surface area contributed by atoms with Crippen molar-refractivity contribution in [2.75, 3.05) is 19.7 Å². The predicted octanol–water partition coefficient (Wildman–Crippen LogP) is 2.66. The Morgan fingerprint density at radius 2 is 2.10 bits per heavy atom. The van der Waals surface area contributed by atoms with Crippen LogP contribution in [0.3, 0.4) is 0 Å². The quantitative estimate of drug-likeness (QED) is 0.926. The molecule has 0 saturated carbocycles. The fourth-order valence-electron chi connectivity index (χ4n) is 3.15. The van der Waals surface area contributed by atoms with E-state index in [2.05, 4.69) is 48.0 Å². The monoisotopic (exact) mass is 287 g/mol. The van der Waals surface area contributed by atoms with E-state index in [4.69, 9.17) is 10.5 Å². The lowest BCUT2D eigenvalue weighted by molar-refractivity contribution is 0.0853. The fourth-order valence-corrected chi connectivity index (χ4v) is 3.15. The summed E-state index contributed by atoms with van der Waals surface area (Å²) in [6.45, 7) is 6.92. The molecule has 0 aromatic heterocycles. The van der Waals surface area contributed by atoms with Crippen LogP contribution < -0.4 is 5.73 Å². The van der Waals surface area contributed by atoms with Crippen molar-refractivity contribution in [3.05, 3.63) is 35.4 Å². The topological polar surface area (TPSA) is 50.8 Å². The van der Waals surface area contributed by atoms with E-state index < -0.39 is 0 Å². The normalized spacial score (nSPS) is 25.7. The number of ether oxygens (including phenoxy) is 1. The minimum atomic E-state index is 0.260. The number of rotatable bonds is 4. The summed E-state index contributed by atoms with van der Waals surface area (Å²) >= 11 is 0. The van der Waals surface area contributed by atoms with E-state index in [1.165, 1.54) is 11.1 Å². The van der Waals surface area contributed by atoms with Gasteiger partial charge in [0, 0.05) is 13.2 Å². The number of aliphatic imine (C=N–C) groups is 1. The number of hydrogen-bond donors (Lipinski definition) is 1. The van der Waals surface area contributed by atoms with Gasteiger partial charge in [-0.2, -0.15) is 0 Å². The maximum absolute atomic E-state index is 6.08.